The number of carbonyl (C=O) groups is 13. The molecule has 5 aromatic carbocycles. The number of terminal acetylenes is 1. The molecule has 36 nitrogen and oxygen atoms in total. The molecule has 37 heteroatoms. The van der Waals surface area contributed by atoms with Crippen molar-refractivity contribution in [2.45, 2.75) is 222 Å². The molecule has 3 saturated heterocycles. The predicted octanol–water partition coefficient (Wildman–Crippen LogP) is 4.32. The number of hydrogen-bond donors (Lipinski definition) is 20. The molecule has 9 aromatic rings. The molecule has 0 bridgehead atoms. The minimum absolute atomic E-state index is 0.000352. The van der Waals surface area contributed by atoms with Crippen LogP contribution in [0.15, 0.2) is 146 Å². The van der Waals surface area contributed by atoms with E-state index in [1.54, 1.807) is 30.7 Å². The van der Waals surface area contributed by atoms with Crippen molar-refractivity contribution in [3.63, 3.8) is 0 Å². The third kappa shape index (κ3) is 26.4. The number of guanidine groups is 2. The number of primary amides is 1. The van der Waals surface area contributed by atoms with Gasteiger partial charge in [0.1, 0.15) is 60.2 Å². The Hall–Kier alpha value is -14.3. The first-order chi connectivity index (χ1) is 65.5. The number of amides is 11. The molecule has 3 aliphatic heterocycles. The summed E-state index contributed by atoms with van der Waals surface area (Å²) in [5.41, 5.74) is 34.9. The molecule has 12 rings (SSSR count). The highest BCUT2D eigenvalue weighted by Crippen LogP contribution is 2.31. The Morgan fingerprint density at radius 2 is 0.904 bits per heavy atom. The van der Waals surface area contributed by atoms with E-state index in [9.17, 15) is 28.4 Å². The van der Waals surface area contributed by atoms with Gasteiger partial charge in [-0.05, 0) is 160 Å². The largest absolute Gasteiger partial charge is 0.370 e. The Kier molecular flexibility index (Phi) is 35.6. The number of ketones is 2. The molecule has 722 valence electrons. The van der Waals surface area contributed by atoms with Gasteiger partial charge in [0.25, 0.3) is 0 Å². The summed E-state index contributed by atoms with van der Waals surface area (Å²) in [5, 5.41) is 43.8. The number of para-hydroxylation sites is 4. The van der Waals surface area contributed by atoms with Gasteiger partial charge in [0.15, 0.2) is 23.5 Å². The standard InChI is InChI=1S/C99H126FN23O13/c1-4-21-61(52-85(125)86(102)57(3)5-2)95(134)121-43-18-33-81(121)92(131)116-76(48-62-54-110-71-28-11-7-24-67(62)71)84(124)51-60(23-14-15-40-101)88(127)119-79(49-63-55-111-72-29-12-8-25-68(63)72)96(135)122-44-19-34-82(122)93(132)117-77(46-58-36-38-65(100)39-37-58)90(129)120-80(50-64-56-112-73-30-13-9-26-69(64)73)97(136)123-45-20-35-83(123)94(133)118-78(53-66-47-59-22-6-10-27-70(59)113-66)91(130)115-75(32-17-42-109-99(106)107)89(128)114-74(87(103)126)31-16-41-108-98(104)105/h1,6-13,22,24-30,36-39,47,54-57,60-61,74-83,86,110-113H,5,14-21,23,31-35,40-46,48-53,101-102H2,2-3H3,(H2,103,126)(H,114,128)(H,115,130)(H,116,131)(H,117,132)(H,118,133)(H,119,127)(H,120,129)(H4,104,105,108)(H4,106,107,109)/t57-,60+,61+,74-,75-,76-,77-,78-,79-,80-,81-,82?,83-,86-/m0/s1. The van der Waals surface area contributed by atoms with Crippen molar-refractivity contribution in [1.82, 2.24) is 82.5 Å². The second kappa shape index (κ2) is 48.1. The van der Waals surface area contributed by atoms with E-state index in [4.69, 9.17) is 45.9 Å². The molecular formula is C99H126FN23O13. The lowest BCUT2D eigenvalue weighted by Gasteiger charge is -2.32. The van der Waals surface area contributed by atoms with Gasteiger partial charge in [-0.2, -0.15) is 0 Å². The van der Waals surface area contributed by atoms with Crippen molar-refractivity contribution < 1.29 is 66.7 Å². The number of benzene rings is 5. The zero-order valence-electron chi connectivity index (χ0n) is 76.7. The van der Waals surface area contributed by atoms with Crippen molar-refractivity contribution >= 4 is 132 Å². The SMILES string of the molecule is C#CC[C@H](CC(=O)[C@@H](N)[C@@H](C)CC)C(=O)N1CCC[C@H]1C(=O)N[C@@H](Cc1c[nH]c2ccccc12)C(=O)C[C@@H](CCCCN)C(=O)N[C@@H](Cc1c[nH]c2ccccc12)C(=O)N1CCCC1C(=O)N[C@@H](Cc1ccc(F)cc1)C(=O)N[C@@H](Cc1c[nH]c2ccccc12)C(=O)N1CCC[C@H]1C(=O)N[C@@H](Cc1cc2ccccc2[nH]1)C(=O)N[C@@H](CCCNC(=N)N)C(=O)N[C@@H](CCCNC(=N)N)C(N)=O. The van der Waals surface area contributed by atoms with Crippen LogP contribution in [0.25, 0.3) is 43.6 Å². The van der Waals surface area contributed by atoms with E-state index in [0.717, 1.165) is 27.2 Å². The van der Waals surface area contributed by atoms with E-state index in [-0.39, 0.29) is 172 Å². The Labute approximate surface area is 787 Å². The normalized spacial score (nSPS) is 17.2. The fourth-order valence-corrected chi connectivity index (χ4v) is 18.6. The van der Waals surface area contributed by atoms with Crippen molar-refractivity contribution in [1.29, 1.82) is 10.8 Å². The number of Topliss-reactive ketones (excluding diaryl/α,β-unsaturated/α-hetero) is 2. The first-order valence-corrected chi connectivity index (χ1v) is 46.9. The number of rotatable bonds is 49. The number of likely N-dealkylation sites (tertiary alicyclic amines) is 3. The van der Waals surface area contributed by atoms with Gasteiger partial charge in [-0.15, -0.1) is 12.3 Å². The number of H-pyrrole nitrogens is 4. The number of hydrogen-bond acceptors (Lipinski definition) is 17. The lowest BCUT2D eigenvalue weighted by atomic mass is 9.89. The van der Waals surface area contributed by atoms with Crippen LogP contribution in [0.2, 0.25) is 0 Å². The van der Waals surface area contributed by atoms with E-state index in [1.807, 2.05) is 105 Å². The Balaban J connectivity index is 0.805. The van der Waals surface area contributed by atoms with Gasteiger partial charge >= 0.3 is 0 Å². The predicted molar refractivity (Wildman–Crippen MR) is 513 cm³/mol. The molecule has 3 aliphatic rings. The van der Waals surface area contributed by atoms with Gasteiger partial charge in [-0.1, -0.05) is 112 Å². The Morgan fingerprint density at radius 3 is 1.38 bits per heavy atom. The Bertz CT molecular complexity index is 5810. The second-order valence-corrected chi connectivity index (χ2v) is 35.8. The number of halogens is 1. The zero-order chi connectivity index (χ0) is 97.2. The number of aromatic amines is 4. The minimum Gasteiger partial charge on any atom is -0.370 e. The van der Waals surface area contributed by atoms with Crippen LogP contribution in [0.3, 0.4) is 0 Å². The van der Waals surface area contributed by atoms with Crippen LogP contribution in [-0.2, 0) is 94.4 Å². The third-order valence-electron chi connectivity index (χ3n) is 26.3. The molecular weight excluding hydrogens is 1740 g/mol. The van der Waals surface area contributed by atoms with Gasteiger partial charge in [-0.3, -0.25) is 73.1 Å². The van der Waals surface area contributed by atoms with E-state index in [2.05, 4.69) is 73.7 Å². The van der Waals surface area contributed by atoms with E-state index in [1.165, 1.54) is 39.0 Å². The average Bonchev–Trinajstić information content (AvgIpc) is 1.58. The molecule has 1 unspecified atom stereocenters. The summed E-state index contributed by atoms with van der Waals surface area (Å²) in [6.45, 7) is 4.45. The van der Waals surface area contributed by atoms with Gasteiger partial charge in [0, 0.05) is 153 Å². The molecule has 11 amide bonds. The van der Waals surface area contributed by atoms with E-state index in [0.29, 0.717) is 70.1 Å². The quantitative estimate of drug-likeness (QED) is 0.0109. The summed E-state index contributed by atoms with van der Waals surface area (Å²) in [7, 11) is 0. The van der Waals surface area contributed by atoms with Gasteiger partial charge < -0.3 is 111 Å². The number of unbranched alkanes of at least 4 members (excludes halogenated alkanes) is 1. The molecule has 7 heterocycles. The van der Waals surface area contributed by atoms with Crippen LogP contribution in [0.1, 0.15) is 151 Å². The number of nitrogens with two attached hydrogens (primary N) is 5. The summed E-state index contributed by atoms with van der Waals surface area (Å²) in [6, 6.07) is 22.1. The first kappa shape index (κ1) is 101. The van der Waals surface area contributed by atoms with Gasteiger partial charge in [0.05, 0.1) is 18.0 Å². The number of aromatic nitrogens is 4. The van der Waals surface area contributed by atoms with Crippen LogP contribution < -0.4 is 76.5 Å². The fourth-order valence-electron chi connectivity index (χ4n) is 18.6. The second-order valence-electron chi connectivity index (χ2n) is 35.8. The van der Waals surface area contributed by atoms with Crippen molar-refractivity contribution in [3.05, 3.63) is 180 Å². The number of carbonyl (C=O) groups excluding carboxylic acids is 13. The van der Waals surface area contributed by atoms with Crippen LogP contribution >= 0.6 is 0 Å². The highest BCUT2D eigenvalue weighted by Gasteiger charge is 2.46. The number of nitrogens with zero attached hydrogens (tertiary/aromatic N) is 3. The van der Waals surface area contributed by atoms with E-state index >= 15 is 38.4 Å². The van der Waals surface area contributed by atoms with Gasteiger partial charge in [0.2, 0.25) is 65.0 Å². The monoisotopic (exact) mass is 1860 g/mol. The van der Waals surface area contributed by atoms with Crippen LogP contribution in [0.4, 0.5) is 4.39 Å². The minimum atomic E-state index is -1.56. The maximum atomic E-state index is 16.0. The van der Waals surface area contributed by atoms with E-state index < -0.39 is 161 Å². The van der Waals surface area contributed by atoms with Crippen molar-refractivity contribution in [2.75, 3.05) is 39.3 Å². The summed E-state index contributed by atoms with van der Waals surface area (Å²) in [6.07, 6.45) is 12.7. The first-order valence-electron chi connectivity index (χ1n) is 46.9. The molecule has 136 heavy (non-hydrogen) atoms. The highest BCUT2D eigenvalue weighted by molar-refractivity contribution is 6.02. The molecule has 25 N–H and O–H groups in total. The topological polar surface area (TPSA) is 581 Å². The zero-order valence-corrected chi connectivity index (χ0v) is 76.7. The fraction of sp³-hybridized carbons (Fsp3) is 0.444. The lowest BCUT2D eigenvalue weighted by Crippen LogP contribution is -2.60. The van der Waals surface area contributed by atoms with Crippen LogP contribution in [0, 0.1) is 46.7 Å². The van der Waals surface area contributed by atoms with Crippen LogP contribution in [0.5, 0.6) is 0 Å². The average molecular weight is 1870 g/mol. The number of fused-ring (bicyclic) bond motifs is 4. The Morgan fingerprint density at radius 1 is 0.478 bits per heavy atom. The molecule has 14 atom stereocenters. The molecule has 0 spiro atoms. The highest BCUT2D eigenvalue weighted by atomic mass is 19.1. The summed E-state index contributed by atoms with van der Waals surface area (Å²) >= 11 is 0. The molecule has 3 fully saturated rings. The molecule has 4 aromatic heterocycles. The lowest BCUT2D eigenvalue weighted by molar-refractivity contribution is -0.144. The smallest absolute Gasteiger partial charge is 0.246 e. The third-order valence-corrected chi connectivity index (χ3v) is 26.3. The maximum Gasteiger partial charge on any atom is 0.246 e. The summed E-state index contributed by atoms with van der Waals surface area (Å²) in [5.74, 6) is -10.0. The summed E-state index contributed by atoms with van der Waals surface area (Å²) < 4.78 is 14.9. The van der Waals surface area contributed by atoms with Crippen LogP contribution in [-0.4, -0.2) is 229 Å². The maximum absolute atomic E-state index is 16.0. The van der Waals surface area contributed by atoms with Gasteiger partial charge in [-0.25, -0.2) is 4.39 Å². The molecule has 0 radical (unpaired) electrons. The van der Waals surface area contributed by atoms with Crippen molar-refractivity contribution in [2.24, 2.45) is 46.4 Å². The molecule has 0 saturated carbocycles. The van der Waals surface area contributed by atoms with Crippen molar-refractivity contribution in [3.8, 4) is 12.3 Å². The summed E-state index contributed by atoms with van der Waals surface area (Å²) in [4.78, 5) is 212. The molecule has 0 aliphatic carbocycles. The number of nitrogens with one attached hydrogen (secondary N) is 15.